The molecule has 0 aliphatic heterocycles. The van der Waals surface area contributed by atoms with Crippen molar-refractivity contribution < 1.29 is 19.1 Å². The molecule has 4 heteroatoms. The second-order valence-electron chi connectivity index (χ2n) is 10.5. The summed E-state index contributed by atoms with van der Waals surface area (Å²) < 4.78 is 11.5. The number of carbonyl (C=O) groups excluding carboxylic acids is 2. The Morgan fingerprint density at radius 2 is 1.00 bits per heavy atom. The van der Waals surface area contributed by atoms with E-state index in [1.807, 2.05) is 13.8 Å². The first kappa shape index (κ1) is 23.2. The molecule has 0 aromatic carbocycles. The van der Waals surface area contributed by atoms with Gasteiger partial charge in [-0.2, -0.15) is 0 Å². The summed E-state index contributed by atoms with van der Waals surface area (Å²) in [6.07, 6.45) is 8.35. The Bertz CT molecular complexity index is 473. The van der Waals surface area contributed by atoms with E-state index in [2.05, 4.69) is 27.7 Å². The Hall–Kier alpha value is -1.06. The lowest BCUT2D eigenvalue weighted by Gasteiger charge is -2.38. The molecule has 2 rings (SSSR count). The van der Waals surface area contributed by atoms with Gasteiger partial charge < -0.3 is 9.47 Å². The van der Waals surface area contributed by atoms with Crippen LogP contribution >= 0.6 is 0 Å². The topological polar surface area (TPSA) is 52.6 Å². The third kappa shape index (κ3) is 6.77. The molecule has 4 nitrogen and oxygen atoms in total. The fraction of sp³-hybridized carbons (Fsp3) is 0.917. The maximum Gasteiger partial charge on any atom is 0.306 e. The number of hydrogen-bond donors (Lipinski definition) is 0. The van der Waals surface area contributed by atoms with Crippen molar-refractivity contribution in [3.8, 4) is 0 Å². The van der Waals surface area contributed by atoms with Gasteiger partial charge in [-0.25, -0.2) is 0 Å². The molecule has 0 atom stereocenters. The summed E-state index contributed by atoms with van der Waals surface area (Å²) >= 11 is 0. The van der Waals surface area contributed by atoms with Gasteiger partial charge >= 0.3 is 11.9 Å². The summed E-state index contributed by atoms with van der Waals surface area (Å²) in [4.78, 5) is 24.6. The molecule has 2 saturated carbocycles. The fourth-order valence-corrected chi connectivity index (χ4v) is 4.89. The minimum atomic E-state index is -0.367. The Morgan fingerprint density at radius 1 is 0.714 bits per heavy atom. The lowest BCUT2D eigenvalue weighted by molar-refractivity contribution is -0.169. The average molecular weight is 395 g/mol. The van der Waals surface area contributed by atoms with E-state index in [1.165, 1.54) is 0 Å². The van der Waals surface area contributed by atoms with Gasteiger partial charge in [-0.1, -0.05) is 27.7 Å². The normalized spacial score (nSPS) is 33.7. The highest BCUT2D eigenvalue weighted by atomic mass is 16.6. The quantitative estimate of drug-likeness (QED) is 0.492. The Morgan fingerprint density at radius 3 is 1.25 bits per heavy atom. The van der Waals surface area contributed by atoms with Crippen molar-refractivity contribution in [1.82, 2.24) is 0 Å². The molecule has 0 amide bonds. The highest BCUT2D eigenvalue weighted by molar-refractivity contribution is 5.78. The van der Waals surface area contributed by atoms with E-state index >= 15 is 0 Å². The van der Waals surface area contributed by atoms with Gasteiger partial charge in [0.2, 0.25) is 0 Å². The molecular weight excluding hydrogens is 352 g/mol. The van der Waals surface area contributed by atoms with E-state index in [0.29, 0.717) is 11.8 Å². The lowest BCUT2D eigenvalue weighted by atomic mass is 9.75. The maximum atomic E-state index is 12.3. The van der Waals surface area contributed by atoms with Gasteiger partial charge in [-0.15, -0.1) is 0 Å². The first-order chi connectivity index (χ1) is 13.0. The molecule has 28 heavy (non-hydrogen) atoms. The summed E-state index contributed by atoms with van der Waals surface area (Å²) in [6.45, 7) is 13.1. The summed E-state index contributed by atoms with van der Waals surface area (Å²) in [5.74, 6) is 2.30. The molecule has 0 aromatic rings. The van der Waals surface area contributed by atoms with Crippen LogP contribution in [0.5, 0.6) is 0 Å². The molecule has 162 valence electrons. The van der Waals surface area contributed by atoms with Gasteiger partial charge in [0.25, 0.3) is 0 Å². The Balaban J connectivity index is 1.70. The van der Waals surface area contributed by atoms with Crippen LogP contribution in [-0.2, 0) is 19.1 Å². The summed E-state index contributed by atoms with van der Waals surface area (Å²) in [5, 5.41) is 0. The number of hydrogen-bond acceptors (Lipinski definition) is 4. The minimum Gasteiger partial charge on any atom is -0.459 e. The first-order valence-corrected chi connectivity index (χ1v) is 11.5. The van der Waals surface area contributed by atoms with Gasteiger partial charge in [-0.3, -0.25) is 9.59 Å². The van der Waals surface area contributed by atoms with Crippen LogP contribution in [0.2, 0.25) is 0 Å². The third-order valence-electron chi connectivity index (χ3n) is 7.32. The lowest BCUT2D eigenvalue weighted by Crippen LogP contribution is -2.38. The molecule has 0 bridgehead atoms. The minimum absolute atomic E-state index is 0.118. The molecule has 0 N–H and O–H groups in total. The van der Waals surface area contributed by atoms with Crippen LogP contribution in [0.1, 0.15) is 106 Å². The van der Waals surface area contributed by atoms with Gasteiger partial charge in [0.05, 0.1) is 12.8 Å². The van der Waals surface area contributed by atoms with Gasteiger partial charge in [0.15, 0.2) is 0 Å². The Kier molecular flexibility index (Phi) is 7.98. The molecule has 2 fully saturated rings. The monoisotopic (exact) mass is 394 g/mol. The van der Waals surface area contributed by atoms with Crippen molar-refractivity contribution >= 4 is 11.9 Å². The molecule has 0 radical (unpaired) electrons. The van der Waals surface area contributed by atoms with Crippen molar-refractivity contribution in [2.24, 2.45) is 23.7 Å². The SMILES string of the molecule is CC(C)C1CCC(C)(OC(=O)CCC(=O)OC2(C)CCC(C(C)C)CC2)CC1. The largest absolute Gasteiger partial charge is 0.459 e. The number of rotatable bonds is 7. The summed E-state index contributed by atoms with van der Waals surface area (Å²) in [5.41, 5.74) is -0.735. The predicted octanol–water partition coefficient (Wildman–Crippen LogP) is 6.06. The van der Waals surface area contributed by atoms with Crippen LogP contribution in [-0.4, -0.2) is 23.1 Å². The smallest absolute Gasteiger partial charge is 0.306 e. The van der Waals surface area contributed by atoms with Crippen molar-refractivity contribution in [2.75, 3.05) is 0 Å². The molecule has 0 saturated heterocycles. The maximum absolute atomic E-state index is 12.3. The average Bonchev–Trinajstić information content (AvgIpc) is 2.60. The number of ether oxygens (including phenoxy) is 2. The highest BCUT2D eigenvalue weighted by Gasteiger charge is 2.37. The first-order valence-electron chi connectivity index (χ1n) is 11.5. The van der Waals surface area contributed by atoms with E-state index in [-0.39, 0.29) is 36.0 Å². The van der Waals surface area contributed by atoms with Gasteiger partial charge in [0, 0.05) is 0 Å². The number of carbonyl (C=O) groups is 2. The third-order valence-corrected chi connectivity index (χ3v) is 7.32. The zero-order valence-corrected chi connectivity index (χ0v) is 19.0. The van der Waals surface area contributed by atoms with Crippen molar-refractivity contribution in [3.63, 3.8) is 0 Å². The van der Waals surface area contributed by atoms with E-state index in [9.17, 15) is 9.59 Å². The Labute approximate surface area is 172 Å². The van der Waals surface area contributed by atoms with E-state index < -0.39 is 0 Å². The van der Waals surface area contributed by atoms with Crippen molar-refractivity contribution in [1.29, 1.82) is 0 Å². The molecule has 0 aromatic heterocycles. The predicted molar refractivity (Wildman–Crippen MR) is 112 cm³/mol. The zero-order chi connectivity index (χ0) is 20.9. The summed E-state index contributed by atoms with van der Waals surface area (Å²) in [6, 6.07) is 0. The van der Waals surface area contributed by atoms with Crippen LogP contribution in [0.3, 0.4) is 0 Å². The number of esters is 2. The van der Waals surface area contributed by atoms with Crippen LogP contribution in [0.4, 0.5) is 0 Å². The van der Waals surface area contributed by atoms with E-state index in [1.54, 1.807) is 0 Å². The van der Waals surface area contributed by atoms with Crippen LogP contribution in [0, 0.1) is 23.7 Å². The fourth-order valence-electron chi connectivity index (χ4n) is 4.89. The zero-order valence-electron chi connectivity index (χ0n) is 19.0. The second-order valence-corrected chi connectivity index (χ2v) is 10.5. The van der Waals surface area contributed by atoms with E-state index in [0.717, 1.165) is 63.2 Å². The molecule has 0 spiro atoms. The van der Waals surface area contributed by atoms with Gasteiger partial charge in [-0.05, 0) is 88.9 Å². The highest BCUT2D eigenvalue weighted by Crippen LogP contribution is 2.39. The van der Waals surface area contributed by atoms with Gasteiger partial charge in [0.1, 0.15) is 11.2 Å². The van der Waals surface area contributed by atoms with Crippen LogP contribution < -0.4 is 0 Å². The van der Waals surface area contributed by atoms with Crippen LogP contribution in [0.15, 0.2) is 0 Å². The second kappa shape index (κ2) is 9.63. The van der Waals surface area contributed by atoms with Crippen molar-refractivity contribution in [2.45, 2.75) is 117 Å². The molecule has 0 heterocycles. The van der Waals surface area contributed by atoms with Crippen molar-refractivity contribution in [3.05, 3.63) is 0 Å². The van der Waals surface area contributed by atoms with Crippen LogP contribution in [0.25, 0.3) is 0 Å². The standard InChI is InChI=1S/C24H42O4/c1-17(2)19-9-13-23(5,14-10-19)27-21(25)7-8-22(26)28-24(6)15-11-20(12-16-24)18(3)4/h17-20H,7-16H2,1-6H3. The molecule has 2 aliphatic carbocycles. The molecule has 2 aliphatic rings. The van der Waals surface area contributed by atoms with E-state index in [4.69, 9.17) is 9.47 Å². The molecular formula is C24H42O4. The summed E-state index contributed by atoms with van der Waals surface area (Å²) in [7, 11) is 0. The molecule has 0 unspecified atom stereocenters.